The number of amides is 1. The normalized spacial score (nSPS) is 21.2. The van der Waals surface area contributed by atoms with Crippen molar-refractivity contribution >= 4 is 29.0 Å². The summed E-state index contributed by atoms with van der Waals surface area (Å²) < 4.78 is 12.8. The van der Waals surface area contributed by atoms with Gasteiger partial charge in [0.15, 0.2) is 23.5 Å². The molecule has 1 saturated heterocycles. The number of H-pyrrole nitrogens is 1. The summed E-state index contributed by atoms with van der Waals surface area (Å²) in [7, 11) is 0. The molecule has 3 heterocycles. The first-order valence-electron chi connectivity index (χ1n) is 13.8. The maximum Gasteiger partial charge on any atom is 0.306 e. The SMILES string of the molecule is CCCCCCCC(=O)Nc1nc2c(ncn2[C@@H]2O[C@H](CO)[C@@H](O)[C@@H]2OC(=O)CCCCCCC)c(=O)[nH]1. The molecule has 0 unspecified atom stereocenters. The fourth-order valence-electron chi connectivity index (χ4n) is 4.56. The highest BCUT2D eigenvalue weighted by atomic mass is 16.6. The Kier molecular flexibility index (Phi) is 11.7. The zero-order chi connectivity index (χ0) is 27.5. The second kappa shape index (κ2) is 14.9. The molecule has 12 heteroatoms. The van der Waals surface area contributed by atoms with Gasteiger partial charge in [0.25, 0.3) is 5.56 Å². The van der Waals surface area contributed by atoms with Crippen LogP contribution in [0.1, 0.15) is 97.1 Å². The number of aromatic amines is 1. The molecule has 38 heavy (non-hydrogen) atoms. The number of unbranched alkanes of at least 4 members (excludes halogenated alkanes) is 8. The van der Waals surface area contributed by atoms with Crippen molar-refractivity contribution < 1.29 is 29.3 Å². The second-order valence-electron chi connectivity index (χ2n) is 9.81. The van der Waals surface area contributed by atoms with Gasteiger partial charge in [0.1, 0.15) is 12.2 Å². The second-order valence-corrected chi connectivity index (χ2v) is 9.81. The number of nitrogens with one attached hydrogen (secondary N) is 2. The van der Waals surface area contributed by atoms with Gasteiger partial charge in [-0.2, -0.15) is 4.98 Å². The van der Waals surface area contributed by atoms with Gasteiger partial charge in [0.2, 0.25) is 11.9 Å². The van der Waals surface area contributed by atoms with Crippen LogP contribution in [0.2, 0.25) is 0 Å². The summed E-state index contributed by atoms with van der Waals surface area (Å²) in [4.78, 5) is 48.5. The lowest BCUT2D eigenvalue weighted by atomic mass is 10.1. The molecule has 4 N–H and O–H groups in total. The Morgan fingerprint density at radius 1 is 1.08 bits per heavy atom. The number of imidazole rings is 1. The van der Waals surface area contributed by atoms with E-state index in [9.17, 15) is 24.6 Å². The fraction of sp³-hybridized carbons (Fsp3) is 0.731. The lowest BCUT2D eigenvalue weighted by molar-refractivity contribution is -0.158. The van der Waals surface area contributed by atoms with E-state index in [1.54, 1.807) is 0 Å². The summed E-state index contributed by atoms with van der Waals surface area (Å²) >= 11 is 0. The Balaban J connectivity index is 1.74. The van der Waals surface area contributed by atoms with Crippen LogP contribution in [0.4, 0.5) is 5.95 Å². The Morgan fingerprint density at radius 3 is 2.39 bits per heavy atom. The molecule has 212 valence electrons. The van der Waals surface area contributed by atoms with Gasteiger partial charge >= 0.3 is 5.97 Å². The molecule has 2 aromatic heterocycles. The van der Waals surface area contributed by atoms with Crippen molar-refractivity contribution in [1.29, 1.82) is 0 Å². The van der Waals surface area contributed by atoms with Gasteiger partial charge in [-0.3, -0.25) is 29.3 Å². The van der Waals surface area contributed by atoms with E-state index < -0.39 is 42.7 Å². The highest BCUT2D eigenvalue weighted by molar-refractivity contribution is 5.89. The molecule has 1 aliphatic rings. The molecule has 1 aliphatic heterocycles. The van der Waals surface area contributed by atoms with E-state index in [1.165, 1.54) is 10.9 Å². The molecule has 4 atom stereocenters. The molecule has 3 rings (SSSR count). The molecule has 12 nitrogen and oxygen atoms in total. The first-order valence-corrected chi connectivity index (χ1v) is 13.8. The van der Waals surface area contributed by atoms with Crippen LogP contribution >= 0.6 is 0 Å². The summed E-state index contributed by atoms with van der Waals surface area (Å²) in [6.07, 6.45) is 7.08. The van der Waals surface area contributed by atoms with Gasteiger partial charge in [-0.05, 0) is 12.8 Å². The Bertz CT molecular complexity index is 1100. The molecule has 0 saturated carbocycles. The fourth-order valence-corrected chi connectivity index (χ4v) is 4.56. The Labute approximate surface area is 222 Å². The average Bonchev–Trinajstić information content (AvgIpc) is 3.44. The summed E-state index contributed by atoms with van der Waals surface area (Å²) in [5, 5.41) is 23.0. The van der Waals surface area contributed by atoms with Gasteiger partial charge in [-0.1, -0.05) is 65.2 Å². The molecule has 1 amide bonds. The van der Waals surface area contributed by atoms with Crippen LogP contribution in [0.25, 0.3) is 11.2 Å². The molecule has 0 aromatic carbocycles. The molecule has 0 bridgehead atoms. The monoisotopic (exact) mass is 535 g/mol. The molecule has 1 fully saturated rings. The summed E-state index contributed by atoms with van der Waals surface area (Å²) in [6.45, 7) is 3.74. The van der Waals surface area contributed by atoms with E-state index in [2.05, 4.69) is 34.1 Å². The van der Waals surface area contributed by atoms with Crippen molar-refractivity contribution in [2.24, 2.45) is 0 Å². The number of anilines is 1. The van der Waals surface area contributed by atoms with Crippen molar-refractivity contribution in [3.63, 3.8) is 0 Å². The highest BCUT2D eigenvalue weighted by Gasteiger charge is 2.47. The van der Waals surface area contributed by atoms with Gasteiger partial charge in [-0.15, -0.1) is 0 Å². The lowest BCUT2D eigenvalue weighted by Crippen LogP contribution is -2.37. The van der Waals surface area contributed by atoms with Gasteiger partial charge < -0.3 is 19.7 Å². The van der Waals surface area contributed by atoms with Gasteiger partial charge in [0, 0.05) is 12.8 Å². The van der Waals surface area contributed by atoms with Crippen LogP contribution in [-0.4, -0.2) is 66.5 Å². The van der Waals surface area contributed by atoms with E-state index in [-0.39, 0.29) is 29.4 Å². The number of rotatable bonds is 16. The smallest absolute Gasteiger partial charge is 0.306 e. The minimum atomic E-state index is -1.29. The van der Waals surface area contributed by atoms with E-state index in [0.717, 1.165) is 57.8 Å². The van der Waals surface area contributed by atoms with Gasteiger partial charge in [-0.25, -0.2) is 4.98 Å². The summed E-state index contributed by atoms with van der Waals surface area (Å²) in [6, 6.07) is 0. The van der Waals surface area contributed by atoms with Gasteiger partial charge in [0.05, 0.1) is 12.9 Å². The van der Waals surface area contributed by atoms with Crippen LogP contribution in [0.15, 0.2) is 11.1 Å². The number of carbonyl (C=O) groups is 2. The number of hydrogen-bond donors (Lipinski definition) is 4. The number of carbonyl (C=O) groups excluding carboxylic acids is 2. The van der Waals surface area contributed by atoms with Crippen molar-refractivity contribution in [1.82, 2.24) is 19.5 Å². The first-order chi connectivity index (χ1) is 18.4. The van der Waals surface area contributed by atoms with Crippen molar-refractivity contribution in [2.45, 2.75) is 115 Å². The number of aromatic nitrogens is 4. The zero-order valence-corrected chi connectivity index (χ0v) is 22.4. The Hall–Kier alpha value is -2.83. The van der Waals surface area contributed by atoms with Crippen molar-refractivity contribution in [3.05, 3.63) is 16.7 Å². The van der Waals surface area contributed by atoms with Crippen LogP contribution < -0.4 is 10.9 Å². The number of nitrogens with zero attached hydrogens (tertiary/aromatic N) is 3. The third-order valence-electron chi connectivity index (χ3n) is 6.72. The quantitative estimate of drug-likeness (QED) is 0.186. The first kappa shape index (κ1) is 29.7. The third kappa shape index (κ3) is 7.84. The maximum absolute atomic E-state index is 12.6. The number of aliphatic hydroxyl groups is 2. The largest absolute Gasteiger partial charge is 0.455 e. The summed E-state index contributed by atoms with van der Waals surface area (Å²) in [5.74, 6) is -0.797. The van der Waals surface area contributed by atoms with Crippen LogP contribution in [-0.2, 0) is 19.1 Å². The topological polar surface area (TPSA) is 169 Å². The number of aliphatic hydroxyl groups excluding tert-OH is 2. The molecule has 0 radical (unpaired) electrons. The minimum absolute atomic E-state index is 0.00546. The predicted octanol–water partition coefficient (Wildman–Crippen LogP) is 2.94. The van der Waals surface area contributed by atoms with E-state index >= 15 is 0 Å². The zero-order valence-electron chi connectivity index (χ0n) is 22.4. The van der Waals surface area contributed by atoms with E-state index in [1.807, 2.05) is 0 Å². The molecule has 0 spiro atoms. The highest BCUT2D eigenvalue weighted by Crippen LogP contribution is 2.33. The van der Waals surface area contributed by atoms with Crippen molar-refractivity contribution in [3.8, 4) is 0 Å². The number of esters is 1. The number of fused-ring (bicyclic) bond motifs is 1. The summed E-state index contributed by atoms with van der Waals surface area (Å²) in [5.41, 5.74) is -0.484. The maximum atomic E-state index is 12.6. The van der Waals surface area contributed by atoms with E-state index in [0.29, 0.717) is 12.8 Å². The van der Waals surface area contributed by atoms with Crippen LogP contribution in [0.5, 0.6) is 0 Å². The molecule has 0 aliphatic carbocycles. The van der Waals surface area contributed by atoms with Crippen LogP contribution in [0, 0.1) is 0 Å². The van der Waals surface area contributed by atoms with Crippen LogP contribution in [0.3, 0.4) is 0 Å². The van der Waals surface area contributed by atoms with Crippen molar-refractivity contribution in [2.75, 3.05) is 11.9 Å². The Morgan fingerprint density at radius 2 is 1.74 bits per heavy atom. The molecule has 2 aromatic rings. The average molecular weight is 536 g/mol. The third-order valence-corrected chi connectivity index (χ3v) is 6.72. The predicted molar refractivity (Wildman–Crippen MR) is 140 cm³/mol. The molecular formula is C26H41N5O7. The standard InChI is InChI=1S/C26H41N5O7/c1-3-5-7-9-11-13-18(33)28-26-29-23-20(24(36)30-26)27-16-31(23)25-22(21(35)17(15-32)37-25)38-19(34)14-12-10-8-6-4-2/h16-17,21-22,25,32,35H,3-15H2,1-2H3,(H2,28,29,30,33,36)/t17-,21-,22+,25-/m1/s1. The minimum Gasteiger partial charge on any atom is -0.455 e. The number of ether oxygens (including phenoxy) is 2. The molecular weight excluding hydrogens is 494 g/mol. The number of hydrogen-bond acceptors (Lipinski definition) is 9. The van der Waals surface area contributed by atoms with E-state index in [4.69, 9.17) is 9.47 Å². The lowest BCUT2D eigenvalue weighted by Gasteiger charge is -2.22.